The largest absolute Gasteiger partial charge is 0.383 e. The van der Waals surface area contributed by atoms with Crippen molar-refractivity contribution in [2.75, 3.05) is 62.0 Å². The third-order valence-electron chi connectivity index (χ3n) is 6.49. The van der Waals surface area contributed by atoms with E-state index in [1.54, 1.807) is 54.5 Å². The Kier molecular flexibility index (Phi) is 7.75. The van der Waals surface area contributed by atoms with Crippen LogP contribution < -0.4 is 15.5 Å². The van der Waals surface area contributed by atoms with E-state index in [1.807, 2.05) is 4.90 Å². The van der Waals surface area contributed by atoms with Gasteiger partial charge < -0.3 is 20.3 Å². The topological polar surface area (TPSA) is 100 Å². The van der Waals surface area contributed by atoms with Crippen molar-refractivity contribution in [3.8, 4) is 5.69 Å². The number of carbonyl (C=O) groups is 1. The molecule has 1 aliphatic heterocycles. The first kappa shape index (κ1) is 26.2. The second-order valence-electron chi connectivity index (χ2n) is 8.98. The van der Waals surface area contributed by atoms with Gasteiger partial charge in [0, 0.05) is 51.7 Å². The van der Waals surface area contributed by atoms with Crippen LogP contribution >= 0.6 is 0 Å². The molecule has 5 rings (SSSR count). The highest BCUT2D eigenvalue weighted by atomic mass is 19.2. The molecule has 2 N–H and O–H groups in total. The van der Waals surface area contributed by atoms with E-state index in [0.29, 0.717) is 42.1 Å². The first-order valence-electron chi connectivity index (χ1n) is 12.4. The van der Waals surface area contributed by atoms with E-state index in [0.717, 1.165) is 19.6 Å². The number of anilines is 4. The van der Waals surface area contributed by atoms with Crippen molar-refractivity contribution in [2.45, 2.75) is 0 Å². The number of ether oxygens (including phenoxy) is 1. The second-order valence-corrected chi connectivity index (χ2v) is 8.98. The normalized spacial score (nSPS) is 14.0. The van der Waals surface area contributed by atoms with Gasteiger partial charge in [-0.25, -0.2) is 18.4 Å². The number of hydrogen-bond donors (Lipinski definition) is 2. The van der Waals surface area contributed by atoms with Gasteiger partial charge in [-0.15, -0.1) is 0 Å². The van der Waals surface area contributed by atoms with E-state index < -0.39 is 11.6 Å². The zero-order valence-electron chi connectivity index (χ0n) is 21.4. The number of nitrogens with one attached hydrogen (secondary N) is 2. The number of aromatic nitrogens is 4. The Labute approximate surface area is 223 Å². The third kappa shape index (κ3) is 5.71. The van der Waals surface area contributed by atoms with Crippen LogP contribution in [0, 0.1) is 11.6 Å². The van der Waals surface area contributed by atoms with Gasteiger partial charge in [-0.2, -0.15) is 10.1 Å². The van der Waals surface area contributed by atoms with Crippen LogP contribution in [0.15, 0.2) is 61.4 Å². The van der Waals surface area contributed by atoms with Crippen LogP contribution in [0.3, 0.4) is 0 Å². The minimum absolute atomic E-state index is 0.0745. The lowest BCUT2D eigenvalue weighted by Crippen LogP contribution is -2.47. The van der Waals surface area contributed by atoms with Gasteiger partial charge in [0.2, 0.25) is 11.9 Å². The highest BCUT2D eigenvalue weighted by Crippen LogP contribution is 2.29. The third-order valence-corrected chi connectivity index (χ3v) is 6.49. The highest BCUT2D eigenvalue weighted by molar-refractivity contribution is 5.99. The molecule has 1 amide bonds. The number of methoxy groups -OCH3 is 1. The van der Waals surface area contributed by atoms with Crippen LogP contribution in [-0.4, -0.2) is 77.0 Å². The lowest BCUT2D eigenvalue weighted by Gasteiger charge is -2.36. The van der Waals surface area contributed by atoms with Crippen molar-refractivity contribution in [3.63, 3.8) is 0 Å². The van der Waals surface area contributed by atoms with Crippen LogP contribution in [-0.2, 0) is 9.53 Å². The Morgan fingerprint density at radius 1 is 1.13 bits per heavy atom. The van der Waals surface area contributed by atoms with Gasteiger partial charge in [0.1, 0.15) is 0 Å². The summed E-state index contributed by atoms with van der Waals surface area (Å²) in [5.41, 5.74) is 1.79. The molecule has 4 aromatic rings. The van der Waals surface area contributed by atoms with Crippen molar-refractivity contribution in [2.24, 2.45) is 0 Å². The van der Waals surface area contributed by atoms with Gasteiger partial charge in [0.25, 0.3) is 0 Å². The van der Waals surface area contributed by atoms with Crippen molar-refractivity contribution < 1.29 is 18.3 Å². The summed E-state index contributed by atoms with van der Waals surface area (Å²) in [7, 11) is 1.66. The molecular weight excluding hydrogens is 506 g/mol. The Hall–Kier alpha value is -4.42. The van der Waals surface area contributed by atoms with Gasteiger partial charge >= 0.3 is 0 Å². The molecule has 12 heteroatoms. The summed E-state index contributed by atoms with van der Waals surface area (Å²) in [6.45, 7) is 7.58. The molecule has 0 atom stereocenters. The minimum atomic E-state index is -1.00. The van der Waals surface area contributed by atoms with Crippen LogP contribution in [0.4, 0.5) is 31.8 Å². The maximum absolute atomic E-state index is 15.1. The van der Waals surface area contributed by atoms with E-state index >= 15 is 8.78 Å². The van der Waals surface area contributed by atoms with E-state index in [2.05, 4.69) is 37.2 Å². The van der Waals surface area contributed by atoms with Crippen molar-refractivity contribution >= 4 is 40.0 Å². The maximum Gasteiger partial charge on any atom is 0.247 e. The molecule has 39 heavy (non-hydrogen) atoms. The molecule has 2 aromatic heterocycles. The fraction of sp³-hybridized carbons (Fsp3) is 0.259. The Morgan fingerprint density at radius 3 is 2.72 bits per heavy atom. The molecule has 0 bridgehead atoms. The summed E-state index contributed by atoms with van der Waals surface area (Å²) in [4.78, 5) is 24.5. The molecule has 0 spiro atoms. The molecule has 0 saturated carbocycles. The van der Waals surface area contributed by atoms with Gasteiger partial charge in [-0.3, -0.25) is 9.69 Å². The molecular formula is C27H28F2N8O2. The molecule has 202 valence electrons. The van der Waals surface area contributed by atoms with Crippen LogP contribution in [0.5, 0.6) is 0 Å². The first-order chi connectivity index (χ1) is 19.0. The number of halogens is 2. The SMILES string of the molecule is C=CC(=O)Nc1cccc(-n2ncc3cnc(Nc4ccc(N5CCN(CCOC)CC5)c(F)c4F)nc32)c1. The molecule has 0 radical (unpaired) electrons. The lowest BCUT2D eigenvalue weighted by atomic mass is 10.2. The molecule has 0 unspecified atom stereocenters. The number of rotatable bonds is 9. The lowest BCUT2D eigenvalue weighted by molar-refractivity contribution is -0.111. The predicted molar refractivity (Wildman–Crippen MR) is 146 cm³/mol. The van der Waals surface area contributed by atoms with Crippen molar-refractivity contribution in [3.05, 3.63) is 73.1 Å². The summed E-state index contributed by atoms with van der Waals surface area (Å²) in [5.74, 6) is -2.18. The Bertz CT molecular complexity index is 1500. The predicted octanol–water partition coefficient (Wildman–Crippen LogP) is 3.73. The number of fused-ring (bicyclic) bond motifs is 1. The quantitative estimate of drug-likeness (QED) is 0.314. The molecule has 3 heterocycles. The van der Waals surface area contributed by atoms with E-state index in [4.69, 9.17) is 4.74 Å². The van der Waals surface area contributed by atoms with Crippen molar-refractivity contribution in [1.82, 2.24) is 24.6 Å². The number of nitrogens with zero attached hydrogens (tertiary/aromatic N) is 6. The average molecular weight is 535 g/mol. The van der Waals surface area contributed by atoms with Gasteiger partial charge in [0.05, 0.1) is 35.3 Å². The van der Waals surface area contributed by atoms with Crippen LogP contribution in [0.25, 0.3) is 16.7 Å². The number of benzene rings is 2. The van der Waals surface area contributed by atoms with Gasteiger partial charge in [-0.1, -0.05) is 12.6 Å². The molecule has 10 nitrogen and oxygen atoms in total. The van der Waals surface area contributed by atoms with Gasteiger partial charge in [-0.05, 0) is 36.4 Å². The Morgan fingerprint density at radius 2 is 1.95 bits per heavy atom. The molecule has 1 saturated heterocycles. The smallest absolute Gasteiger partial charge is 0.247 e. The summed E-state index contributed by atoms with van der Waals surface area (Å²) in [5, 5.41) is 10.5. The van der Waals surface area contributed by atoms with Crippen LogP contribution in [0.1, 0.15) is 0 Å². The number of hydrogen-bond acceptors (Lipinski definition) is 8. The van der Waals surface area contributed by atoms with E-state index in [1.165, 1.54) is 12.1 Å². The Balaban J connectivity index is 1.35. The molecule has 1 aliphatic rings. The fourth-order valence-corrected chi connectivity index (χ4v) is 4.41. The maximum atomic E-state index is 15.1. The summed E-state index contributed by atoms with van der Waals surface area (Å²) < 4.78 is 36.9. The standard InChI is InChI=1S/C27H28F2N8O2/c1-3-23(38)32-19-5-4-6-20(15-19)37-26-18(17-31-37)16-30-27(34-26)33-21-7-8-22(25(29)24(21)28)36-11-9-35(10-12-36)13-14-39-2/h3-8,15-17H,1,9-14H2,2H3,(H,32,38)(H,30,33,34). The summed E-state index contributed by atoms with van der Waals surface area (Å²) >= 11 is 0. The fourth-order valence-electron chi connectivity index (χ4n) is 4.41. The number of piperazine rings is 1. The minimum Gasteiger partial charge on any atom is -0.383 e. The molecule has 1 fully saturated rings. The molecule has 0 aliphatic carbocycles. The highest BCUT2D eigenvalue weighted by Gasteiger charge is 2.23. The van der Waals surface area contributed by atoms with Crippen molar-refractivity contribution in [1.29, 1.82) is 0 Å². The first-order valence-corrected chi connectivity index (χ1v) is 12.4. The number of carbonyl (C=O) groups excluding carboxylic acids is 1. The monoisotopic (exact) mass is 534 g/mol. The average Bonchev–Trinajstić information content (AvgIpc) is 3.38. The summed E-state index contributed by atoms with van der Waals surface area (Å²) in [6, 6.07) is 10.1. The summed E-state index contributed by atoms with van der Waals surface area (Å²) in [6.07, 6.45) is 4.32. The second kappa shape index (κ2) is 11.5. The zero-order chi connectivity index (χ0) is 27.4. The zero-order valence-corrected chi connectivity index (χ0v) is 21.4. The van der Waals surface area contributed by atoms with E-state index in [9.17, 15) is 4.79 Å². The molecule has 2 aromatic carbocycles. The van der Waals surface area contributed by atoms with Crippen LogP contribution in [0.2, 0.25) is 0 Å². The van der Waals surface area contributed by atoms with Gasteiger partial charge in [0.15, 0.2) is 17.3 Å². The van der Waals surface area contributed by atoms with E-state index in [-0.39, 0.29) is 23.2 Å². The number of amides is 1.